The first kappa shape index (κ1) is 23.8. The molecule has 0 fully saturated rings. The molecule has 3 rings (SSSR count). The molecule has 0 saturated heterocycles. The zero-order chi connectivity index (χ0) is 23.8. The fourth-order valence-electron chi connectivity index (χ4n) is 2.80. The molecule has 2 aromatic carbocycles. The lowest BCUT2D eigenvalue weighted by Gasteiger charge is -2.14. The quantitative estimate of drug-likeness (QED) is 0.407. The van der Waals surface area contributed by atoms with Crippen LogP contribution >= 0.6 is 12.2 Å². The highest BCUT2D eigenvalue weighted by Crippen LogP contribution is 2.28. The smallest absolute Gasteiger partial charge is 0.291 e. The van der Waals surface area contributed by atoms with Crippen LogP contribution in [0.2, 0.25) is 0 Å². The molecule has 3 N–H and O–H groups in total. The summed E-state index contributed by atoms with van der Waals surface area (Å²) in [6.07, 6.45) is 2.41. The minimum absolute atomic E-state index is 0.100. The molecule has 1 heterocycles. The van der Waals surface area contributed by atoms with E-state index >= 15 is 0 Å². The maximum Gasteiger partial charge on any atom is 0.291 e. The topological polar surface area (TPSA) is 102 Å². The van der Waals surface area contributed by atoms with Crippen LogP contribution in [0.1, 0.15) is 41.2 Å². The summed E-state index contributed by atoms with van der Waals surface area (Å²) in [4.78, 5) is 24.7. The fraction of sp³-hybridized carbons (Fsp3) is 0.208. The third-order valence-corrected chi connectivity index (χ3v) is 4.91. The van der Waals surface area contributed by atoms with E-state index in [1.54, 1.807) is 54.6 Å². The predicted octanol–water partition coefficient (Wildman–Crippen LogP) is 4.84. The van der Waals surface area contributed by atoms with Crippen LogP contribution in [0.25, 0.3) is 0 Å². The average Bonchev–Trinajstić information content (AvgIpc) is 3.35. The second-order valence-corrected chi connectivity index (χ2v) is 7.52. The Bertz CT molecular complexity index is 1110. The molecular weight excluding hydrogens is 442 g/mol. The number of amides is 2. The number of carbonyl (C=O) groups excluding carboxylic acids is 2. The van der Waals surface area contributed by atoms with Crippen molar-refractivity contribution in [2.24, 2.45) is 0 Å². The van der Waals surface area contributed by atoms with Gasteiger partial charge in [0.05, 0.1) is 25.2 Å². The Morgan fingerprint density at radius 1 is 1.06 bits per heavy atom. The lowest BCUT2D eigenvalue weighted by atomic mass is 10.2. The minimum Gasteiger partial charge on any atom is -0.494 e. The Labute approximate surface area is 197 Å². The summed E-state index contributed by atoms with van der Waals surface area (Å²) in [5, 5.41) is 8.41. The van der Waals surface area contributed by atoms with Crippen molar-refractivity contribution in [3.63, 3.8) is 0 Å². The van der Waals surface area contributed by atoms with Crippen LogP contribution in [0.15, 0.2) is 65.3 Å². The number of hydrogen-bond acceptors (Lipinski definition) is 6. The largest absolute Gasteiger partial charge is 0.494 e. The van der Waals surface area contributed by atoms with Crippen LogP contribution in [-0.2, 0) is 0 Å². The molecule has 3 aromatic rings. The molecule has 8 nitrogen and oxygen atoms in total. The molecule has 9 heteroatoms. The molecule has 1 atom stereocenters. The maximum atomic E-state index is 12.5. The van der Waals surface area contributed by atoms with Gasteiger partial charge in [-0.3, -0.25) is 14.9 Å². The van der Waals surface area contributed by atoms with Crippen LogP contribution < -0.4 is 25.4 Å². The van der Waals surface area contributed by atoms with Crippen LogP contribution in [-0.4, -0.2) is 30.1 Å². The molecule has 33 heavy (non-hydrogen) atoms. The van der Waals surface area contributed by atoms with Gasteiger partial charge < -0.3 is 24.5 Å². The van der Waals surface area contributed by atoms with Gasteiger partial charge in [-0.2, -0.15) is 0 Å². The first-order chi connectivity index (χ1) is 15.9. The highest BCUT2D eigenvalue weighted by molar-refractivity contribution is 7.80. The molecule has 0 aliphatic rings. The van der Waals surface area contributed by atoms with Crippen LogP contribution in [0.4, 0.5) is 11.4 Å². The van der Waals surface area contributed by atoms with Gasteiger partial charge in [-0.15, -0.1) is 0 Å². The van der Waals surface area contributed by atoms with Gasteiger partial charge in [-0.1, -0.05) is 6.92 Å². The highest BCUT2D eigenvalue weighted by Gasteiger charge is 2.14. The zero-order valence-electron chi connectivity index (χ0n) is 18.5. The van der Waals surface area contributed by atoms with E-state index in [1.165, 1.54) is 13.4 Å². The van der Waals surface area contributed by atoms with Gasteiger partial charge >= 0.3 is 0 Å². The van der Waals surface area contributed by atoms with Gasteiger partial charge in [0.2, 0.25) is 0 Å². The van der Waals surface area contributed by atoms with Gasteiger partial charge in [-0.05, 0) is 74.1 Å². The number of carbonyl (C=O) groups is 2. The van der Waals surface area contributed by atoms with E-state index < -0.39 is 5.91 Å². The lowest BCUT2D eigenvalue weighted by Crippen LogP contribution is -2.34. The van der Waals surface area contributed by atoms with Crippen LogP contribution in [0.5, 0.6) is 11.5 Å². The third kappa shape index (κ3) is 6.56. The van der Waals surface area contributed by atoms with E-state index in [4.69, 9.17) is 26.1 Å². The second kappa shape index (κ2) is 11.1. The number of rotatable bonds is 8. The number of methoxy groups -OCH3 is 1. The summed E-state index contributed by atoms with van der Waals surface area (Å²) in [7, 11) is 1.48. The highest BCUT2D eigenvalue weighted by atomic mass is 32.1. The van der Waals surface area contributed by atoms with Crippen LogP contribution in [0, 0.1) is 0 Å². The number of nitrogens with one attached hydrogen (secondary N) is 3. The number of hydrogen-bond donors (Lipinski definition) is 3. The van der Waals surface area contributed by atoms with Crippen molar-refractivity contribution >= 4 is 40.5 Å². The maximum absolute atomic E-state index is 12.5. The summed E-state index contributed by atoms with van der Waals surface area (Å²) >= 11 is 5.26. The Morgan fingerprint density at radius 3 is 2.45 bits per heavy atom. The summed E-state index contributed by atoms with van der Waals surface area (Å²) in [6.45, 7) is 4.03. The minimum atomic E-state index is -0.401. The van der Waals surface area contributed by atoms with Crippen molar-refractivity contribution in [3.05, 3.63) is 72.2 Å². The van der Waals surface area contributed by atoms with Gasteiger partial charge in [-0.25, -0.2) is 0 Å². The first-order valence-corrected chi connectivity index (χ1v) is 10.7. The van der Waals surface area contributed by atoms with Gasteiger partial charge in [0, 0.05) is 17.3 Å². The molecule has 0 spiro atoms. The molecule has 0 radical (unpaired) electrons. The number of thiocarbonyl (C=S) groups is 1. The molecule has 0 bridgehead atoms. The standard InChI is InChI=1S/C24H25N3O5S/c1-4-15(2)32-18-10-7-16(8-11-18)22(28)27-24(33)25-17-9-12-19(21(14-17)30-3)26-23(29)20-6-5-13-31-20/h5-15H,4H2,1-3H3,(H,26,29)(H2,25,27,28,33)/t15-/m0/s1. The van der Waals surface area contributed by atoms with Gasteiger partial charge in [0.15, 0.2) is 10.9 Å². The molecule has 0 aliphatic carbocycles. The van der Waals surface area contributed by atoms with E-state index in [0.717, 1.165) is 6.42 Å². The third-order valence-electron chi connectivity index (χ3n) is 4.71. The van der Waals surface area contributed by atoms with Crippen molar-refractivity contribution in [3.8, 4) is 11.5 Å². The Kier molecular flexibility index (Phi) is 8.04. The first-order valence-electron chi connectivity index (χ1n) is 10.3. The van der Waals surface area contributed by atoms with E-state index in [-0.39, 0.29) is 22.9 Å². The predicted molar refractivity (Wildman–Crippen MR) is 130 cm³/mol. The number of benzene rings is 2. The van der Waals surface area contributed by atoms with Crippen LogP contribution in [0.3, 0.4) is 0 Å². The monoisotopic (exact) mass is 467 g/mol. The number of ether oxygens (including phenoxy) is 2. The molecule has 2 amide bonds. The molecular formula is C24H25N3O5S. The summed E-state index contributed by atoms with van der Waals surface area (Å²) < 4.78 is 16.2. The van der Waals surface area contributed by atoms with Crippen molar-refractivity contribution in [1.29, 1.82) is 0 Å². The Balaban J connectivity index is 1.59. The van der Waals surface area contributed by atoms with Crippen molar-refractivity contribution < 1.29 is 23.5 Å². The summed E-state index contributed by atoms with van der Waals surface area (Å²) in [6, 6.07) is 15.0. The van der Waals surface area contributed by atoms with E-state index in [0.29, 0.717) is 28.4 Å². The summed E-state index contributed by atoms with van der Waals surface area (Å²) in [5.41, 5.74) is 1.48. The van der Waals surface area contributed by atoms with Crippen molar-refractivity contribution in [1.82, 2.24) is 5.32 Å². The number of furan rings is 1. The zero-order valence-corrected chi connectivity index (χ0v) is 19.3. The Morgan fingerprint density at radius 2 is 1.82 bits per heavy atom. The SMILES string of the molecule is CC[C@H](C)Oc1ccc(C(=O)NC(=S)Nc2ccc(NC(=O)c3ccco3)c(OC)c2)cc1. The number of anilines is 2. The van der Waals surface area contributed by atoms with E-state index in [9.17, 15) is 9.59 Å². The second-order valence-electron chi connectivity index (χ2n) is 7.12. The average molecular weight is 468 g/mol. The molecule has 0 saturated carbocycles. The molecule has 172 valence electrons. The Hall–Kier alpha value is -3.85. The molecule has 1 aromatic heterocycles. The van der Waals surface area contributed by atoms with Crippen molar-refractivity contribution in [2.75, 3.05) is 17.7 Å². The summed E-state index contributed by atoms with van der Waals surface area (Å²) in [5.74, 6) is 0.542. The van der Waals surface area contributed by atoms with E-state index in [2.05, 4.69) is 16.0 Å². The van der Waals surface area contributed by atoms with E-state index in [1.807, 2.05) is 13.8 Å². The normalized spacial score (nSPS) is 11.2. The van der Waals surface area contributed by atoms with Gasteiger partial charge in [0.25, 0.3) is 11.8 Å². The molecule has 0 unspecified atom stereocenters. The van der Waals surface area contributed by atoms with Gasteiger partial charge in [0.1, 0.15) is 11.5 Å². The fourth-order valence-corrected chi connectivity index (χ4v) is 3.01. The lowest BCUT2D eigenvalue weighted by molar-refractivity contribution is 0.0975. The molecule has 0 aliphatic heterocycles. The van der Waals surface area contributed by atoms with Crippen molar-refractivity contribution in [2.45, 2.75) is 26.4 Å².